The predicted octanol–water partition coefficient (Wildman–Crippen LogP) is 3.07. The molecule has 6 nitrogen and oxygen atoms in total. The highest BCUT2D eigenvalue weighted by atomic mass is 16.5. The molecule has 3 fully saturated rings. The van der Waals surface area contributed by atoms with Gasteiger partial charge < -0.3 is 15.2 Å². The molecule has 0 bridgehead atoms. The minimum atomic E-state index is -0.237. The van der Waals surface area contributed by atoms with Crippen molar-refractivity contribution < 1.29 is 9.32 Å². The Labute approximate surface area is 149 Å². The summed E-state index contributed by atoms with van der Waals surface area (Å²) in [6.07, 6.45) is 10.6. The van der Waals surface area contributed by atoms with E-state index in [4.69, 9.17) is 4.52 Å². The number of amides is 1. The van der Waals surface area contributed by atoms with Crippen LogP contribution in [0.25, 0.3) is 0 Å². The lowest BCUT2D eigenvalue weighted by molar-refractivity contribution is -0.134. The maximum Gasteiger partial charge on any atom is 0.248 e. The molecule has 2 saturated carbocycles. The second-order valence-electron chi connectivity index (χ2n) is 8.25. The molecule has 0 radical (unpaired) electrons. The average Bonchev–Trinajstić information content (AvgIpc) is 3.30. The number of carbonyl (C=O) groups is 1. The minimum Gasteiger partial charge on any atom is -0.344 e. The fourth-order valence-corrected chi connectivity index (χ4v) is 5.04. The zero-order valence-corrected chi connectivity index (χ0v) is 15.2. The molecular weight excluding hydrogens is 316 g/mol. The van der Waals surface area contributed by atoms with Crippen LogP contribution in [-0.4, -0.2) is 29.1 Å². The van der Waals surface area contributed by atoms with Crippen LogP contribution in [0.2, 0.25) is 0 Å². The van der Waals surface area contributed by atoms with Crippen LogP contribution >= 0.6 is 0 Å². The number of carbonyl (C=O) groups excluding carboxylic acids is 1. The second kappa shape index (κ2) is 7.06. The summed E-state index contributed by atoms with van der Waals surface area (Å²) in [5, 5.41) is 10.8. The second-order valence-corrected chi connectivity index (χ2v) is 8.25. The van der Waals surface area contributed by atoms with Gasteiger partial charge in [-0.25, -0.2) is 0 Å². The van der Waals surface area contributed by atoms with Crippen molar-refractivity contribution >= 4 is 5.91 Å². The van der Waals surface area contributed by atoms with E-state index in [1.165, 1.54) is 25.7 Å². The molecule has 0 spiro atoms. The summed E-state index contributed by atoms with van der Waals surface area (Å²) in [5.74, 6) is 2.42. The lowest BCUT2D eigenvalue weighted by Crippen LogP contribution is -2.48. The maximum atomic E-state index is 13.1. The van der Waals surface area contributed by atoms with Gasteiger partial charge in [-0.2, -0.15) is 4.98 Å². The van der Waals surface area contributed by atoms with Gasteiger partial charge in [0.25, 0.3) is 0 Å². The first-order chi connectivity index (χ1) is 12.2. The van der Waals surface area contributed by atoms with Crippen molar-refractivity contribution in [3.8, 4) is 0 Å². The molecule has 3 atom stereocenters. The van der Waals surface area contributed by atoms with Gasteiger partial charge in [0.15, 0.2) is 5.82 Å². The topological polar surface area (TPSA) is 80.0 Å². The molecule has 1 saturated heterocycles. The van der Waals surface area contributed by atoms with Crippen LogP contribution in [0.1, 0.15) is 88.4 Å². The van der Waals surface area contributed by atoms with E-state index in [9.17, 15) is 4.79 Å². The van der Waals surface area contributed by atoms with Crippen LogP contribution in [0.4, 0.5) is 0 Å². The van der Waals surface area contributed by atoms with E-state index < -0.39 is 0 Å². The molecule has 1 aromatic heterocycles. The van der Waals surface area contributed by atoms with Crippen molar-refractivity contribution in [2.24, 2.45) is 11.3 Å². The zero-order valence-electron chi connectivity index (χ0n) is 15.2. The Hall–Kier alpha value is -1.43. The molecule has 2 aliphatic carbocycles. The third-order valence-electron chi connectivity index (χ3n) is 6.64. The van der Waals surface area contributed by atoms with Crippen LogP contribution in [-0.2, 0) is 4.79 Å². The number of fused-ring (bicyclic) bond motifs is 1. The third kappa shape index (κ3) is 3.21. The van der Waals surface area contributed by atoms with Gasteiger partial charge in [-0.3, -0.25) is 4.79 Å². The summed E-state index contributed by atoms with van der Waals surface area (Å²) in [4.78, 5) is 17.7. The van der Waals surface area contributed by atoms with Gasteiger partial charge in [-0.1, -0.05) is 37.3 Å². The summed E-state index contributed by atoms with van der Waals surface area (Å²) in [5.41, 5.74) is -0.237. The largest absolute Gasteiger partial charge is 0.344 e. The summed E-state index contributed by atoms with van der Waals surface area (Å²) in [6.45, 7) is 3.72. The molecule has 1 amide bonds. The summed E-state index contributed by atoms with van der Waals surface area (Å²) in [6, 6.07) is -0.227. The number of nitrogens with zero attached hydrogens (tertiary/aromatic N) is 2. The van der Waals surface area contributed by atoms with Crippen molar-refractivity contribution in [3.05, 3.63) is 11.7 Å². The van der Waals surface area contributed by atoms with Gasteiger partial charge in [-0.15, -0.1) is 0 Å². The molecule has 1 aromatic rings. The number of hydrogen-bond acceptors (Lipinski definition) is 5. The highest BCUT2D eigenvalue weighted by molar-refractivity contribution is 5.84. The van der Waals surface area contributed by atoms with Crippen LogP contribution < -0.4 is 10.6 Å². The quantitative estimate of drug-likeness (QED) is 0.876. The van der Waals surface area contributed by atoms with Crippen LogP contribution in [0.3, 0.4) is 0 Å². The molecule has 138 valence electrons. The third-order valence-corrected chi connectivity index (χ3v) is 6.64. The average molecular weight is 346 g/mol. The Balaban J connectivity index is 1.42. The summed E-state index contributed by atoms with van der Waals surface area (Å²) < 4.78 is 5.49. The minimum absolute atomic E-state index is 0.159. The highest BCUT2D eigenvalue weighted by Gasteiger charge is 2.50. The first-order valence-electron chi connectivity index (χ1n) is 10.0. The smallest absolute Gasteiger partial charge is 0.248 e. The van der Waals surface area contributed by atoms with Crippen molar-refractivity contribution in [2.75, 3.05) is 13.1 Å². The Kier molecular flexibility index (Phi) is 4.80. The standard InChI is InChI=1S/C19H30N4O2/c1-13(17-22-16(23-25-17)14-7-3-2-4-8-14)21-18(24)19-10-6-5-9-15(19)11-20-12-19/h13-15,20H,2-12H2,1H3,(H,21,24)/t13?,15-,19+/m0/s1. The molecule has 3 aliphatic rings. The highest BCUT2D eigenvalue weighted by Crippen LogP contribution is 2.44. The van der Waals surface area contributed by atoms with Crippen LogP contribution in [0.15, 0.2) is 4.52 Å². The van der Waals surface area contributed by atoms with Gasteiger partial charge in [-0.05, 0) is 45.1 Å². The number of nitrogens with one attached hydrogen (secondary N) is 2. The van der Waals surface area contributed by atoms with Crippen molar-refractivity contribution in [1.29, 1.82) is 0 Å². The van der Waals surface area contributed by atoms with E-state index >= 15 is 0 Å². The van der Waals surface area contributed by atoms with Gasteiger partial charge in [0.1, 0.15) is 6.04 Å². The molecule has 1 aliphatic heterocycles. The zero-order chi connectivity index (χ0) is 17.3. The Morgan fingerprint density at radius 1 is 1.24 bits per heavy atom. The van der Waals surface area contributed by atoms with Gasteiger partial charge in [0, 0.05) is 12.5 Å². The lowest BCUT2D eigenvalue weighted by atomic mass is 9.67. The van der Waals surface area contributed by atoms with Crippen LogP contribution in [0, 0.1) is 11.3 Å². The first-order valence-corrected chi connectivity index (χ1v) is 10.0. The molecule has 2 heterocycles. The van der Waals surface area contributed by atoms with Crippen molar-refractivity contribution in [2.45, 2.75) is 76.7 Å². The number of hydrogen-bond donors (Lipinski definition) is 2. The fraction of sp³-hybridized carbons (Fsp3) is 0.842. The molecule has 2 N–H and O–H groups in total. The Bertz CT molecular complexity index is 610. The molecule has 1 unspecified atom stereocenters. The monoisotopic (exact) mass is 346 g/mol. The van der Waals surface area contributed by atoms with E-state index in [0.717, 1.165) is 51.0 Å². The summed E-state index contributed by atoms with van der Waals surface area (Å²) in [7, 11) is 0. The van der Waals surface area contributed by atoms with E-state index in [1.54, 1.807) is 0 Å². The van der Waals surface area contributed by atoms with Gasteiger partial charge in [0.05, 0.1) is 5.41 Å². The van der Waals surface area contributed by atoms with E-state index in [-0.39, 0.29) is 17.4 Å². The van der Waals surface area contributed by atoms with Crippen molar-refractivity contribution in [3.63, 3.8) is 0 Å². The van der Waals surface area contributed by atoms with Crippen molar-refractivity contribution in [1.82, 2.24) is 20.8 Å². The molecular formula is C19H30N4O2. The Morgan fingerprint density at radius 2 is 2.04 bits per heavy atom. The van der Waals surface area contributed by atoms with E-state index in [2.05, 4.69) is 20.8 Å². The number of aromatic nitrogens is 2. The van der Waals surface area contributed by atoms with E-state index in [0.29, 0.717) is 17.7 Å². The maximum absolute atomic E-state index is 13.1. The predicted molar refractivity (Wildman–Crippen MR) is 93.9 cm³/mol. The van der Waals surface area contributed by atoms with Gasteiger partial charge in [0.2, 0.25) is 11.8 Å². The fourth-order valence-electron chi connectivity index (χ4n) is 5.04. The molecule has 4 rings (SSSR count). The first kappa shape index (κ1) is 17.0. The lowest BCUT2D eigenvalue weighted by Gasteiger charge is -2.37. The Morgan fingerprint density at radius 3 is 2.88 bits per heavy atom. The normalized spacial score (nSPS) is 31.5. The molecule has 6 heteroatoms. The van der Waals surface area contributed by atoms with Crippen LogP contribution in [0.5, 0.6) is 0 Å². The molecule has 0 aromatic carbocycles. The molecule has 25 heavy (non-hydrogen) atoms. The van der Waals surface area contributed by atoms with E-state index in [1.807, 2.05) is 6.92 Å². The summed E-state index contributed by atoms with van der Waals surface area (Å²) >= 11 is 0. The SMILES string of the molecule is CC(NC(=O)[C@@]12CCCC[C@H]1CNC2)c1nc(C2CCCCC2)no1. The number of rotatable bonds is 4. The van der Waals surface area contributed by atoms with Gasteiger partial charge >= 0.3 is 0 Å².